The van der Waals surface area contributed by atoms with Gasteiger partial charge in [0.2, 0.25) is 11.4 Å². The molecule has 0 aromatic heterocycles. The monoisotopic (exact) mass is 672 g/mol. The largest absolute Gasteiger partial charge is 0.394 e. The van der Waals surface area contributed by atoms with E-state index in [0.717, 1.165) is 0 Å². The van der Waals surface area contributed by atoms with Gasteiger partial charge in [0.1, 0.15) is 42.7 Å². The van der Waals surface area contributed by atoms with Crippen molar-refractivity contribution in [2.45, 2.75) is 79.1 Å². The Morgan fingerprint density at radius 3 is 2.18 bits per heavy atom. The molecule has 0 saturated carbocycles. The van der Waals surface area contributed by atoms with Gasteiger partial charge in [-0.1, -0.05) is 29.8 Å². The summed E-state index contributed by atoms with van der Waals surface area (Å²) in [6.07, 6.45) is -15.7. The topological polar surface area (TPSA) is 202 Å². The van der Waals surface area contributed by atoms with Crippen LogP contribution in [-0.4, -0.2) is 130 Å². The molecule has 2 fully saturated rings. The summed E-state index contributed by atoms with van der Waals surface area (Å²) < 4.78 is 29.4. The minimum absolute atomic E-state index is 0.0109. The van der Waals surface area contributed by atoms with E-state index in [2.05, 4.69) is 12.6 Å². The standard InChI is InChI=1S/C30H37ClO13S/c1-2-40-29-30(26(39)15-7-9-16(31)10-8-15,41-12-11-18(34)17-5-3-4-6-21(17)45)27(23(36)20(14-33)43-29)44-28-25(38)24(37)22(35)19(13-32)42-28/h3-10,19-20,22-25,27-29,32-33,35-38,45H,2,11-14H2,1H3/t19-,20-,22+,23+,24+,25-,27+,28+,29+,30-/m1/s1. The molecule has 0 amide bonds. The van der Waals surface area contributed by atoms with Gasteiger partial charge in [0, 0.05) is 34.1 Å². The van der Waals surface area contributed by atoms with Gasteiger partial charge in [0.15, 0.2) is 18.4 Å². The highest BCUT2D eigenvalue weighted by molar-refractivity contribution is 7.80. The first-order valence-corrected chi connectivity index (χ1v) is 15.1. The molecule has 10 atom stereocenters. The number of ketones is 2. The normalized spacial score (nSPS) is 33.6. The number of aliphatic hydroxyl groups is 6. The zero-order valence-electron chi connectivity index (χ0n) is 24.2. The highest BCUT2D eigenvalue weighted by atomic mass is 35.5. The van der Waals surface area contributed by atoms with Crippen LogP contribution in [0.4, 0.5) is 0 Å². The number of benzene rings is 2. The third-order valence-corrected chi connectivity index (χ3v) is 8.37. The number of hydrogen-bond donors (Lipinski definition) is 7. The van der Waals surface area contributed by atoms with Crippen molar-refractivity contribution in [2.75, 3.05) is 26.4 Å². The number of carbonyl (C=O) groups excluding carboxylic acids is 2. The molecule has 2 saturated heterocycles. The molecule has 6 N–H and O–H groups in total. The first kappa shape index (κ1) is 35.8. The van der Waals surface area contributed by atoms with Crippen LogP contribution in [0.1, 0.15) is 34.1 Å². The molecule has 15 heteroatoms. The summed E-state index contributed by atoms with van der Waals surface area (Å²) in [5.41, 5.74) is -2.11. The van der Waals surface area contributed by atoms with Crippen LogP contribution in [0.5, 0.6) is 0 Å². The molecular formula is C30H37ClO13S. The van der Waals surface area contributed by atoms with Crippen molar-refractivity contribution < 1.29 is 63.9 Å². The Morgan fingerprint density at radius 1 is 0.911 bits per heavy atom. The van der Waals surface area contributed by atoms with Gasteiger partial charge < -0.3 is 54.3 Å². The van der Waals surface area contributed by atoms with Crippen LogP contribution in [0.15, 0.2) is 53.4 Å². The van der Waals surface area contributed by atoms with Crippen LogP contribution in [-0.2, 0) is 23.7 Å². The Balaban J connectivity index is 1.79. The minimum Gasteiger partial charge on any atom is -0.394 e. The molecule has 13 nitrogen and oxygen atoms in total. The first-order chi connectivity index (χ1) is 21.5. The van der Waals surface area contributed by atoms with Crippen molar-refractivity contribution in [3.05, 3.63) is 64.7 Å². The van der Waals surface area contributed by atoms with Gasteiger partial charge in [-0.25, -0.2) is 0 Å². The number of aliphatic hydroxyl groups excluding tert-OH is 6. The lowest BCUT2D eigenvalue weighted by Crippen LogP contribution is -2.73. The van der Waals surface area contributed by atoms with Gasteiger partial charge >= 0.3 is 0 Å². The average Bonchev–Trinajstić information content (AvgIpc) is 3.03. The second-order valence-corrected chi connectivity index (χ2v) is 11.5. The van der Waals surface area contributed by atoms with Gasteiger partial charge in [-0.15, -0.1) is 12.6 Å². The van der Waals surface area contributed by atoms with E-state index < -0.39 is 86.5 Å². The summed E-state index contributed by atoms with van der Waals surface area (Å²) >= 11 is 10.4. The van der Waals surface area contributed by atoms with Crippen molar-refractivity contribution in [1.29, 1.82) is 0 Å². The Bertz CT molecular complexity index is 1300. The Kier molecular flexibility index (Phi) is 12.5. The van der Waals surface area contributed by atoms with Crippen LogP contribution in [0, 0.1) is 0 Å². The summed E-state index contributed by atoms with van der Waals surface area (Å²) in [6, 6.07) is 12.2. The Hall–Kier alpha value is -2.02. The summed E-state index contributed by atoms with van der Waals surface area (Å²) in [4.78, 5) is 28.0. The summed E-state index contributed by atoms with van der Waals surface area (Å²) in [5, 5.41) is 63.0. The fourth-order valence-corrected chi connectivity index (χ4v) is 5.74. The van der Waals surface area contributed by atoms with Gasteiger partial charge in [-0.3, -0.25) is 9.59 Å². The van der Waals surface area contributed by atoms with Crippen molar-refractivity contribution in [3.8, 4) is 0 Å². The Morgan fingerprint density at radius 2 is 1.56 bits per heavy atom. The predicted molar refractivity (Wildman–Crippen MR) is 159 cm³/mol. The van der Waals surface area contributed by atoms with E-state index in [9.17, 15) is 40.2 Å². The lowest BCUT2D eigenvalue weighted by molar-refractivity contribution is -0.378. The van der Waals surface area contributed by atoms with Crippen molar-refractivity contribution in [3.63, 3.8) is 0 Å². The second kappa shape index (κ2) is 15.7. The molecule has 2 aromatic rings. The van der Waals surface area contributed by atoms with Crippen molar-refractivity contribution in [2.24, 2.45) is 0 Å². The molecule has 2 aliphatic rings. The van der Waals surface area contributed by atoms with Crippen molar-refractivity contribution in [1.82, 2.24) is 0 Å². The fraction of sp³-hybridized carbons (Fsp3) is 0.533. The van der Waals surface area contributed by atoms with E-state index in [1.54, 1.807) is 31.2 Å². The maximum atomic E-state index is 14.5. The third kappa shape index (κ3) is 7.44. The third-order valence-electron chi connectivity index (χ3n) is 7.73. The highest BCUT2D eigenvalue weighted by Gasteiger charge is 2.64. The molecule has 0 radical (unpaired) electrons. The molecule has 45 heavy (non-hydrogen) atoms. The first-order valence-electron chi connectivity index (χ1n) is 14.3. The van der Waals surface area contributed by atoms with E-state index in [0.29, 0.717) is 15.5 Å². The molecule has 0 aliphatic carbocycles. The number of thiol groups is 1. The van der Waals surface area contributed by atoms with E-state index >= 15 is 0 Å². The van der Waals surface area contributed by atoms with Crippen molar-refractivity contribution >= 4 is 35.8 Å². The SMILES string of the molecule is CCO[C@H]1O[C@H](CO)[C@H](O)[C@H](O[C@@H]2O[C@H](CO)[C@H](O)[C@H](O)[C@H]2O)[C@]1(OCCC(=O)c1ccccc1S)C(=O)c1ccc(Cl)cc1. The number of Topliss-reactive ketones (excluding diaryl/α,β-unsaturated/α-hetero) is 2. The molecule has 0 unspecified atom stereocenters. The number of ether oxygens (including phenoxy) is 5. The zero-order chi connectivity index (χ0) is 32.9. The quantitative estimate of drug-likeness (QED) is 0.112. The minimum atomic E-state index is -2.42. The number of rotatable bonds is 13. The van der Waals surface area contributed by atoms with Gasteiger partial charge in [-0.2, -0.15) is 0 Å². The number of halogens is 1. The van der Waals surface area contributed by atoms with E-state index in [1.165, 1.54) is 24.3 Å². The smallest absolute Gasteiger partial charge is 0.210 e. The van der Waals surface area contributed by atoms with Gasteiger partial charge in [0.25, 0.3) is 0 Å². The maximum absolute atomic E-state index is 14.5. The average molecular weight is 673 g/mol. The van der Waals surface area contributed by atoms with Gasteiger partial charge in [-0.05, 0) is 37.3 Å². The zero-order valence-corrected chi connectivity index (χ0v) is 25.9. The van der Waals surface area contributed by atoms with Gasteiger partial charge in [0.05, 0.1) is 19.8 Å². The predicted octanol–water partition coefficient (Wildman–Crippen LogP) is 0.140. The molecule has 0 bridgehead atoms. The lowest BCUT2D eigenvalue weighted by Gasteiger charge is -2.52. The summed E-state index contributed by atoms with van der Waals surface area (Å²) in [5.74, 6) is -1.22. The molecular weight excluding hydrogens is 636 g/mol. The van der Waals surface area contributed by atoms with E-state index in [4.69, 9.17) is 35.3 Å². The van der Waals surface area contributed by atoms with Crippen LogP contribution in [0.2, 0.25) is 5.02 Å². The van der Waals surface area contributed by atoms with Crippen LogP contribution in [0.3, 0.4) is 0 Å². The van der Waals surface area contributed by atoms with Crippen LogP contribution in [0.25, 0.3) is 0 Å². The molecule has 2 aromatic carbocycles. The van der Waals surface area contributed by atoms with Crippen LogP contribution < -0.4 is 0 Å². The van der Waals surface area contributed by atoms with E-state index in [-0.39, 0.29) is 24.4 Å². The summed E-state index contributed by atoms with van der Waals surface area (Å²) in [7, 11) is 0. The molecule has 2 aliphatic heterocycles. The summed E-state index contributed by atoms with van der Waals surface area (Å²) in [6.45, 7) is -0.418. The molecule has 4 rings (SSSR count). The number of carbonyl (C=O) groups is 2. The van der Waals surface area contributed by atoms with E-state index in [1.807, 2.05) is 0 Å². The number of hydrogen-bond acceptors (Lipinski definition) is 14. The molecule has 248 valence electrons. The second-order valence-electron chi connectivity index (χ2n) is 10.6. The lowest BCUT2D eigenvalue weighted by atomic mass is 9.79. The molecule has 2 heterocycles. The molecule has 0 spiro atoms. The Labute approximate surface area is 269 Å². The fourth-order valence-electron chi connectivity index (χ4n) is 5.33. The highest BCUT2D eigenvalue weighted by Crippen LogP contribution is 2.41. The van der Waals surface area contributed by atoms with Crippen LogP contribution >= 0.6 is 24.2 Å². The maximum Gasteiger partial charge on any atom is 0.210 e.